The van der Waals surface area contributed by atoms with E-state index in [1.165, 1.54) is 5.57 Å². The van der Waals surface area contributed by atoms with E-state index >= 15 is 0 Å². The van der Waals surface area contributed by atoms with Crippen molar-refractivity contribution in [2.75, 3.05) is 19.8 Å². The number of hydrogen-bond donors (Lipinski definition) is 11. The molecular weight excluding hydrogens is 865 g/mol. The maximum Gasteiger partial charge on any atom is 0.310 e. The Balaban J connectivity index is 0.952. The van der Waals surface area contributed by atoms with Crippen LogP contribution in [0.3, 0.4) is 0 Å². The van der Waals surface area contributed by atoms with Gasteiger partial charge in [-0.2, -0.15) is 0 Å². The number of carbonyl (C=O) groups is 1. The second kappa shape index (κ2) is 18.0. The molecule has 4 saturated carbocycles. The molecule has 0 spiro atoms. The van der Waals surface area contributed by atoms with Gasteiger partial charge >= 0.3 is 5.97 Å². The Morgan fingerprint density at radius 3 is 1.85 bits per heavy atom. The van der Waals surface area contributed by atoms with Crippen molar-refractivity contribution < 1.29 is 89.4 Å². The Hall–Kier alpha value is -1.43. The molecule has 7 fully saturated rings. The lowest BCUT2D eigenvalue weighted by Crippen LogP contribution is -2.66. The van der Waals surface area contributed by atoms with Crippen molar-refractivity contribution in [3.8, 4) is 0 Å². The first-order chi connectivity index (χ1) is 30.8. The number of hydrogen-bond acceptors (Lipinski definition) is 17. The maximum atomic E-state index is 13.1. The number of carboxylic acids is 1. The predicted molar refractivity (Wildman–Crippen MR) is 231 cm³/mol. The Kier molecular flexibility index (Phi) is 13.9. The summed E-state index contributed by atoms with van der Waals surface area (Å²) < 4.78 is 35.4. The molecule has 378 valence electrons. The first-order valence-corrected chi connectivity index (χ1v) is 24.3. The number of carboxylic acid groups (broad SMARTS) is 1. The molecule has 66 heavy (non-hydrogen) atoms. The molecule has 3 saturated heterocycles. The monoisotopic (exact) mass is 943 g/mol. The molecule has 18 nitrogen and oxygen atoms in total. The van der Waals surface area contributed by atoms with Crippen molar-refractivity contribution in [2.45, 2.75) is 211 Å². The minimum Gasteiger partial charge on any atom is -0.481 e. The van der Waals surface area contributed by atoms with E-state index in [4.69, 9.17) is 28.4 Å². The van der Waals surface area contributed by atoms with Crippen LogP contribution in [0, 0.1) is 50.2 Å². The Bertz CT molecular complexity index is 1790. The van der Waals surface area contributed by atoms with Crippen molar-refractivity contribution in [1.82, 2.24) is 0 Å². The van der Waals surface area contributed by atoms with E-state index in [0.29, 0.717) is 25.2 Å². The highest BCUT2D eigenvalue weighted by atomic mass is 16.7. The number of allylic oxidation sites excluding steroid dienone is 2. The van der Waals surface area contributed by atoms with Crippen LogP contribution in [0.15, 0.2) is 11.6 Å². The standard InChI is InChI=1S/C48H78O18/c1-43(2)14-16-48(42(59)60)17-15-46(6)22(23(48)18-43)8-9-28-45(5)12-11-29(44(3,4)27(45)10-13-47(28,46)7)65-40-35(56)34(55)31(52)26(64-40)21-61-39-37(58)38(32(53)25(20-50)62-39)66-41-36(57)33(54)30(51)24(19-49)63-41/h8,23-41,49-58H,9-21H2,1-7H3,(H,59,60)/t23-,24+,25+,26+,27-,28+,29-,30+,31+,32+,33-,34-,35+,36+,37+,38-,39+,40-,41-,45-,46+,47+,48-/m0/s1. The summed E-state index contributed by atoms with van der Waals surface area (Å²) in [5.74, 6) is -0.0723. The molecule has 0 unspecified atom stereocenters. The van der Waals surface area contributed by atoms with Gasteiger partial charge in [-0.3, -0.25) is 4.79 Å². The van der Waals surface area contributed by atoms with E-state index in [2.05, 4.69) is 54.5 Å². The zero-order valence-corrected chi connectivity index (χ0v) is 39.5. The summed E-state index contributed by atoms with van der Waals surface area (Å²) in [6.45, 7) is 14.2. The molecule has 0 aromatic rings. The van der Waals surface area contributed by atoms with Gasteiger partial charge in [0.1, 0.15) is 73.2 Å². The third-order valence-electron chi connectivity index (χ3n) is 19.4. The SMILES string of the molecule is CC1(C)CC[C@]2(C(=O)O)CC[C@]3(C)C(=CC[C@@H]4[C@@]5(C)CC[C@H](O[C@@H]6O[C@H](CO[C@@H]7O[C@H](CO)[C@@H](O)[C@H](O[C@@H]8O[C@H](CO)[C@@H](O)[C@H](O)[C@H]8O)[C@H]7O)[C@@H](O)[C@H](O)[C@H]6O)C(C)(C)[C@@H]5CC[C@]43C)[C@@H]2C1. The van der Waals surface area contributed by atoms with Gasteiger partial charge in [-0.05, 0) is 109 Å². The minimum atomic E-state index is -1.86. The highest BCUT2D eigenvalue weighted by molar-refractivity contribution is 5.76. The Labute approximate surface area is 387 Å². The second-order valence-electron chi connectivity index (χ2n) is 23.5. The van der Waals surface area contributed by atoms with Gasteiger partial charge in [0.2, 0.25) is 0 Å². The molecule has 0 aromatic carbocycles. The van der Waals surface area contributed by atoms with Crippen LogP contribution in [-0.4, -0.2) is 180 Å². The average molecular weight is 943 g/mol. The normalized spacial score (nSPS) is 53.3. The summed E-state index contributed by atoms with van der Waals surface area (Å²) >= 11 is 0. The highest BCUT2D eigenvalue weighted by Crippen LogP contribution is 2.76. The minimum absolute atomic E-state index is 0.0213. The van der Waals surface area contributed by atoms with Gasteiger partial charge in [0.15, 0.2) is 18.9 Å². The lowest BCUT2D eigenvalue weighted by Gasteiger charge is -2.71. The van der Waals surface area contributed by atoms with Crippen LogP contribution in [0.1, 0.15) is 113 Å². The van der Waals surface area contributed by atoms with Crippen LogP contribution >= 0.6 is 0 Å². The first kappa shape index (κ1) is 50.9. The van der Waals surface area contributed by atoms with Crippen molar-refractivity contribution in [2.24, 2.45) is 50.2 Å². The van der Waals surface area contributed by atoms with Crippen molar-refractivity contribution in [3.63, 3.8) is 0 Å². The molecule has 8 aliphatic rings. The molecular formula is C48H78O18. The summed E-state index contributed by atoms with van der Waals surface area (Å²) in [4.78, 5) is 13.1. The fourth-order valence-electron chi connectivity index (χ4n) is 15.1. The number of aliphatic carboxylic acids is 1. The van der Waals surface area contributed by atoms with Gasteiger partial charge in [-0.15, -0.1) is 0 Å². The zero-order valence-electron chi connectivity index (χ0n) is 39.5. The molecule has 3 heterocycles. The molecule has 11 N–H and O–H groups in total. The van der Waals surface area contributed by atoms with Crippen molar-refractivity contribution in [1.29, 1.82) is 0 Å². The van der Waals surface area contributed by atoms with Crippen molar-refractivity contribution >= 4 is 5.97 Å². The van der Waals surface area contributed by atoms with Gasteiger partial charge in [0.05, 0.1) is 31.3 Å². The van der Waals surface area contributed by atoms with Gasteiger partial charge in [-0.1, -0.05) is 60.1 Å². The van der Waals surface area contributed by atoms with E-state index in [9.17, 15) is 61.0 Å². The van der Waals surface area contributed by atoms with Crippen LogP contribution in [0.2, 0.25) is 0 Å². The second-order valence-corrected chi connectivity index (χ2v) is 23.5. The van der Waals surface area contributed by atoms with E-state index in [1.54, 1.807) is 0 Å². The van der Waals surface area contributed by atoms with E-state index in [0.717, 1.165) is 44.9 Å². The van der Waals surface area contributed by atoms with Crippen LogP contribution in [0.25, 0.3) is 0 Å². The first-order valence-electron chi connectivity index (χ1n) is 24.3. The molecule has 8 rings (SSSR count). The fraction of sp³-hybridized carbons (Fsp3) is 0.938. The molecule has 3 aliphatic heterocycles. The van der Waals surface area contributed by atoms with E-state index in [-0.39, 0.29) is 33.5 Å². The van der Waals surface area contributed by atoms with Gasteiger partial charge < -0.3 is 84.6 Å². The molecule has 0 amide bonds. The molecule has 0 radical (unpaired) electrons. The van der Waals surface area contributed by atoms with Crippen LogP contribution in [-0.2, 0) is 33.2 Å². The maximum absolute atomic E-state index is 13.1. The number of aliphatic hydroxyl groups is 10. The Morgan fingerprint density at radius 2 is 1.21 bits per heavy atom. The van der Waals surface area contributed by atoms with Crippen molar-refractivity contribution in [3.05, 3.63) is 11.6 Å². The Morgan fingerprint density at radius 1 is 0.636 bits per heavy atom. The summed E-state index contributed by atoms with van der Waals surface area (Å²) in [5.41, 5.74) is 0.0419. The summed E-state index contributed by atoms with van der Waals surface area (Å²) in [6, 6.07) is 0. The number of fused-ring (bicyclic) bond motifs is 7. The van der Waals surface area contributed by atoms with Crippen LogP contribution < -0.4 is 0 Å². The topological polar surface area (TPSA) is 295 Å². The smallest absolute Gasteiger partial charge is 0.310 e. The third kappa shape index (κ3) is 7.96. The van der Waals surface area contributed by atoms with E-state index < -0.39 is 135 Å². The molecule has 23 atom stereocenters. The number of aliphatic hydroxyl groups excluding tert-OH is 10. The number of rotatable bonds is 10. The predicted octanol–water partition coefficient (Wildman–Crippen LogP) is 0.706. The van der Waals surface area contributed by atoms with Crippen LogP contribution in [0.5, 0.6) is 0 Å². The van der Waals surface area contributed by atoms with Crippen LogP contribution in [0.4, 0.5) is 0 Å². The van der Waals surface area contributed by atoms with Gasteiger partial charge in [0, 0.05) is 0 Å². The quantitative estimate of drug-likeness (QED) is 0.106. The molecule has 0 aromatic heterocycles. The lowest BCUT2D eigenvalue weighted by atomic mass is 9.33. The summed E-state index contributed by atoms with van der Waals surface area (Å²) in [7, 11) is 0. The summed E-state index contributed by atoms with van der Waals surface area (Å²) in [6.07, 6.45) is -14.1. The van der Waals surface area contributed by atoms with Gasteiger partial charge in [-0.25, -0.2) is 0 Å². The third-order valence-corrected chi connectivity index (χ3v) is 19.4. The molecule has 0 bridgehead atoms. The molecule has 18 heteroatoms. The molecule has 5 aliphatic carbocycles. The average Bonchev–Trinajstić information content (AvgIpc) is 3.26. The number of ether oxygens (including phenoxy) is 6. The fourth-order valence-corrected chi connectivity index (χ4v) is 15.1. The highest BCUT2D eigenvalue weighted by Gasteiger charge is 2.70. The largest absolute Gasteiger partial charge is 0.481 e. The van der Waals surface area contributed by atoms with E-state index in [1.807, 2.05) is 0 Å². The lowest BCUT2D eigenvalue weighted by molar-refractivity contribution is -0.367. The zero-order chi connectivity index (χ0) is 48.3. The summed E-state index contributed by atoms with van der Waals surface area (Å²) in [5, 5.41) is 117. The van der Waals surface area contributed by atoms with Gasteiger partial charge in [0.25, 0.3) is 0 Å².